The first-order valence-corrected chi connectivity index (χ1v) is 9.51. The Bertz CT molecular complexity index is 1010. The van der Waals surface area contributed by atoms with Crippen LogP contribution in [0.25, 0.3) is 17.3 Å². The Morgan fingerprint density at radius 1 is 1.00 bits per heavy atom. The average molecular weight is 382 g/mol. The molecule has 0 atom stereocenters. The zero-order valence-corrected chi connectivity index (χ0v) is 15.7. The minimum atomic E-state index is 0.694. The van der Waals surface area contributed by atoms with E-state index in [1.807, 2.05) is 48.5 Å². The van der Waals surface area contributed by atoms with E-state index in [0.29, 0.717) is 11.6 Å². The molecule has 0 amide bonds. The van der Waals surface area contributed by atoms with Crippen LogP contribution in [0.2, 0.25) is 5.02 Å². The van der Waals surface area contributed by atoms with Crippen molar-refractivity contribution in [1.29, 1.82) is 0 Å². The Hall–Kier alpha value is -2.50. The van der Waals surface area contributed by atoms with Gasteiger partial charge in [0, 0.05) is 10.8 Å². The van der Waals surface area contributed by atoms with Crippen molar-refractivity contribution in [3.63, 3.8) is 0 Å². The van der Waals surface area contributed by atoms with Gasteiger partial charge in [-0.1, -0.05) is 53.7 Å². The molecule has 6 heteroatoms. The first-order valence-electron chi connectivity index (χ1n) is 8.15. The van der Waals surface area contributed by atoms with Crippen LogP contribution in [-0.4, -0.2) is 14.8 Å². The number of benzene rings is 2. The van der Waals surface area contributed by atoms with E-state index in [1.165, 1.54) is 5.56 Å². The predicted molar refractivity (Wildman–Crippen MR) is 105 cm³/mol. The Morgan fingerprint density at radius 3 is 2.54 bits per heavy atom. The molecule has 0 bridgehead atoms. The van der Waals surface area contributed by atoms with Crippen molar-refractivity contribution in [2.24, 2.45) is 0 Å². The van der Waals surface area contributed by atoms with Crippen molar-refractivity contribution in [3.8, 4) is 17.3 Å². The highest BCUT2D eigenvalue weighted by Gasteiger charge is 2.19. The Kier molecular flexibility index (Phi) is 4.82. The third-order valence-corrected chi connectivity index (χ3v) is 5.26. The number of furan rings is 1. The molecule has 2 aromatic carbocycles. The van der Waals surface area contributed by atoms with E-state index in [0.717, 1.165) is 27.2 Å². The normalized spacial score (nSPS) is 11.0. The highest BCUT2D eigenvalue weighted by molar-refractivity contribution is 7.98. The van der Waals surface area contributed by atoms with Gasteiger partial charge in [-0.15, -0.1) is 10.2 Å². The van der Waals surface area contributed by atoms with Gasteiger partial charge in [0.2, 0.25) is 5.82 Å². The molecule has 2 aromatic heterocycles. The Balaban J connectivity index is 1.73. The zero-order chi connectivity index (χ0) is 17.9. The molecule has 0 fully saturated rings. The van der Waals surface area contributed by atoms with E-state index in [2.05, 4.69) is 33.8 Å². The summed E-state index contributed by atoms with van der Waals surface area (Å²) in [6, 6.07) is 19.8. The fraction of sp³-hybridized carbons (Fsp3) is 0.100. The second-order valence-corrected chi connectivity index (χ2v) is 7.20. The molecule has 0 saturated carbocycles. The van der Waals surface area contributed by atoms with Gasteiger partial charge in [0.25, 0.3) is 0 Å². The molecule has 0 saturated heterocycles. The van der Waals surface area contributed by atoms with E-state index in [9.17, 15) is 0 Å². The maximum Gasteiger partial charge on any atom is 0.205 e. The van der Waals surface area contributed by atoms with Gasteiger partial charge in [-0.05, 0) is 48.4 Å². The third kappa shape index (κ3) is 3.41. The van der Waals surface area contributed by atoms with E-state index >= 15 is 0 Å². The second-order valence-electron chi connectivity index (χ2n) is 5.82. The molecule has 4 nitrogen and oxygen atoms in total. The number of aryl methyl sites for hydroxylation is 1. The molecule has 0 N–H and O–H groups in total. The Morgan fingerprint density at radius 2 is 1.81 bits per heavy atom. The molecular formula is C20H16ClN3OS. The zero-order valence-electron chi connectivity index (χ0n) is 14.1. The number of hydrogen-bond acceptors (Lipinski definition) is 4. The number of aromatic nitrogens is 3. The lowest BCUT2D eigenvalue weighted by atomic mass is 10.2. The fourth-order valence-corrected chi connectivity index (χ4v) is 3.72. The quantitative estimate of drug-likeness (QED) is 0.411. The van der Waals surface area contributed by atoms with Crippen LogP contribution in [0.5, 0.6) is 0 Å². The summed E-state index contributed by atoms with van der Waals surface area (Å²) in [6.07, 6.45) is 1.65. The van der Waals surface area contributed by atoms with E-state index in [1.54, 1.807) is 18.0 Å². The van der Waals surface area contributed by atoms with Crippen LogP contribution in [0, 0.1) is 6.92 Å². The lowest BCUT2D eigenvalue weighted by molar-refractivity contribution is 0.575. The van der Waals surface area contributed by atoms with Crippen LogP contribution in [0.15, 0.2) is 76.5 Å². The number of halogens is 1. The largest absolute Gasteiger partial charge is 0.461 e. The van der Waals surface area contributed by atoms with Crippen LogP contribution < -0.4 is 0 Å². The summed E-state index contributed by atoms with van der Waals surface area (Å²) in [5.41, 5.74) is 3.37. The molecule has 26 heavy (non-hydrogen) atoms. The summed E-state index contributed by atoms with van der Waals surface area (Å²) in [6.45, 7) is 2.08. The van der Waals surface area contributed by atoms with Crippen LogP contribution in [0.3, 0.4) is 0 Å². The highest BCUT2D eigenvalue weighted by Crippen LogP contribution is 2.31. The number of hydrogen-bond donors (Lipinski definition) is 0. The van der Waals surface area contributed by atoms with Crippen LogP contribution in [-0.2, 0) is 5.75 Å². The van der Waals surface area contributed by atoms with E-state index in [-0.39, 0.29) is 0 Å². The third-order valence-electron chi connectivity index (χ3n) is 4.01. The van der Waals surface area contributed by atoms with Gasteiger partial charge in [0.05, 0.1) is 12.0 Å². The average Bonchev–Trinajstić information content (AvgIpc) is 3.31. The lowest BCUT2D eigenvalue weighted by Crippen LogP contribution is -2.01. The maximum atomic E-state index is 5.97. The van der Waals surface area contributed by atoms with Crippen molar-refractivity contribution in [3.05, 3.63) is 83.1 Å². The summed E-state index contributed by atoms with van der Waals surface area (Å²) in [7, 11) is 0. The summed E-state index contributed by atoms with van der Waals surface area (Å²) in [5, 5.41) is 10.3. The summed E-state index contributed by atoms with van der Waals surface area (Å²) in [5.74, 6) is 2.17. The molecule has 0 spiro atoms. The van der Waals surface area contributed by atoms with Gasteiger partial charge in [0.1, 0.15) is 0 Å². The van der Waals surface area contributed by atoms with Crippen molar-refractivity contribution < 1.29 is 4.42 Å². The topological polar surface area (TPSA) is 43.9 Å². The molecule has 0 unspecified atom stereocenters. The number of nitrogens with zero attached hydrogens (tertiary/aromatic N) is 3. The van der Waals surface area contributed by atoms with Gasteiger partial charge in [0.15, 0.2) is 10.9 Å². The number of thioether (sulfide) groups is 1. The van der Waals surface area contributed by atoms with Crippen LogP contribution in [0.1, 0.15) is 11.1 Å². The minimum Gasteiger partial charge on any atom is -0.461 e. The molecule has 0 radical (unpaired) electrons. The van der Waals surface area contributed by atoms with Gasteiger partial charge in [-0.2, -0.15) is 0 Å². The number of para-hydroxylation sites is 1. The van der Waals surface area contributed by atoms with Crippen LogP contribution >= 0.6 is 23.4 Å². The maximum absolute atomic E-state index is 5.97. The molecule has 2 heterocycles. The Labute approximate surface area is 160 Å². The molecule has 0 aliphatic rings. The molecule has 130 valence electrons. The number of rotatable bonds is 5. The monoisotopic (exact) mass is 381 g/mol. The molecule has 0 aliphatic carbocycles. The lowest BCUT2D eigenvalue weighted by Gasteiger charge is -2.11. The standard InChI is InChI=1S/C20H16ClN3OS/c1-14-5-2-3-6-17(14)24-19(18-7-4-12-25-18)22-23-20(24)26-13-15-8-10-16(21)11-9-15/h2-12H,13H2,1H3. The predicted octanol–water partition coefficient (Wildman–Crippen LogP) is 5.78. The van der Waals surface area contributed by atoms with Gasteiger partial charge < -0.3 is 4.42 Å². The van der Waals surface area contributed by atoms with E-state index < -0.39 is 0 Å². The molecule has 0 aliphatic heterocycles. The fourth-order valence-electron chi connectivity index (χ4n) is 2.69. The smallest absolute Gasteiger partial charge is 0.205 e. The van der Waals surface area contributed by atoms with Crippen molar-refractivity contribution in [2.75, 3.05) is 0 Å². The first-order chi connectivity index (χ1) is 12.7. The van der Waals surface area contributed by atoms with Crippen molar-refractivity contribution >= 4 is 23.4 Å². The molecule has 4 aromatic rings. The van der Waals surface area contributed by atoms with Crippen molar-refractivity contribution in [2.45, 2.75) is 17.8 Å². The SMILES string of the molecule is Cc1ccccc1-n1c(SCc2ccc(Cl)cc2)nnc1-c1ccco1. The second kappa shape index (κ2) is 7.40. The van der Waals surface area contributed by atoms with Gasteiger partial charge >= 0.3 is 0 Å². The summed E-state index contributed by atoms with van der Waals surface area (Å²) in [4.78, 5) is 0. The summed E-state index contributed by atoms with van der Waals surface area (Å²) >= 11 is 7.60. The highest BCUT2D eigenvalue weighted by atomic mass is 35.5. The van der Waals surface area contributed by atoms with Gasteiger partial charge in [-0.3, -0.25) is 4.57 Å². The van der Waals surface area contributed by atoms with Gasteiger partial charge in [-0.25, -0.2) is 0 Å². The van der Waals surface area contributed by atoms with Crippen LogP contribution in [0.4, 0.5) is 0 Å². The minimum absolute atomic E-state index is 0.694. The molecule has 4 rings (SSSR count). The van der Waals surface area contributed by atoms with Crippen molar-refractivity contribution in [1.82, 2.24) is 14.8 Å². The first kappa shape index (κ1) is 16.9. The van der Waals surface area contributed by atoms with E-state index in [4.69, 9.17) is 16.0 Å². The molecular weight excluding hydrogens is 366 g/mol. The summed E-state index contributed by atoms with van der Waals surface area (Å²) < 4.78 is 7.61.